The first kappa shape index (κ1) is 25.5. The number of hydrogen-bond donors (Lipinski definition) is 2. The first-order chi connectivity index (χ1) is 19.0. The molecule has 2 aliphatic heterocycles. The molecule has 3 atom stereocenters. The number of nitrogens with one attached hydrogen (secondary N) is 1. The first-order valence-electron chi connectivity index (χ1n) is 13.7. The van der Waals surface area contributed by atoms with Crippen LogP contribution in [0.15, 0.2) is 60.8 Å². The Bertz CT molecular complexity index is 1360. The molecule has 0 saturated carbocycles. The lowest BCUT2D eigenvalue weighted by Gasteiger charge is -2.29. The molecule has 8 nitrogen and oxygen atoms in total. The number of aliphatic hydroxyl groups is 1. The van der Waals surface area contributed by atoms with Crippen molar-refractivity contribution in [2.45, 2.75) is 37.8 Å². The van der Waals surface area contributed by atoms with Crippen molar-refractivity contribution in [3.05, 3.63) is 77.5 Å². The number of likely N-dealkylation sites (tertiary alicyclic amines) is 1. The molecule has 0 radical (unpaired) electrons. The summed E-state index contributed by atoms with van der Waals surface area (Å²) in [5.41, 5.74) is 4.66. The van der Waals surface area contributed by atoms with Gasteiger partial charge in [-0.1, -0.05) is 24.3 Å². The van der Waals surface area contributed by atoms with Gasteiger partial charge in [0.2, 0.25) is 5.78 Å². The van der Waals surface area contributed by atoms with Crippen molar-refractivity contribution in [1.29, 1.82) is 0 Å². The molecule has 0 bridgehead atoms. The summed E-state index contributed by atoms with van der Waals surface area (Å²) >= 11 is 0. The fraction of sp³-hybridized carbons (Fsp3) is 0.387. The standard InChI is InChI=1S/C31H33N3O5/c35-29(22-8-9-27-28(18-22)39-14-13-38-27)26(19-34-11-3-4-12-34)33-31(37)30(36)24-15-20-6-7-21(16-23(20)17-24)25-5-1-2-10-32-25/h1-2,5-10,16,18,24,26,29,35H,3-4,11-15,17,19H2,(H,33,37). The second-order valence-electron chi connectivity index (χ2n) is 10.6. The Kier molecular flexibility index (Phi) is 7.30. The van der Waals surface area contributed by atoms with Gasteiger partial charge in [-0.3, -0.25) is 14.6 Å². The Balaban J connectivity index is 1.16. The van der Waals surface area contributed by atoms with Gasteiger partial charge in [0.05, 0.1) is 11.7 Å². The van der Waals surface area contributed by atoms with Crippen LogP contribution < -0.4 is 14.8 Å². The SMILES string of the molecule is O=C(NC(CN1CCCC1)C(O)c1ccc2c(c1)OCCO2)C(=O)C1Cc2ccc(-c3ccccn3)cc2C1. The number of ether oxygens (including phenoxy) is 2. The molecule has 3 aliphatic rings. The second kappa shape index (κ2) is 11.2. The molecule has 3 unspecified atom stereocenters. The van der Waals surface area contributed by atoms with Gasteiger partial charge >= 0.3 is 0 Å². The summed E-state index contributed by atoms with van der Waals surface area (Å²) in [7, 11) is 0. The molecule has 202 valence electrons. The first-order valence-corrected chi connectivity index (χ1v) is 13.7. The quantitative estimate of drug-likeness (QED) is 0.434. The predicted octanol–water partition coefficient (Wildman–Crippen LogP) is 3.12. The normalized spacial score (nSPS) is 19.8. The number of aromatic nitrogens is 1. The van der Waals surface area contributed by atoms with Crippen molar-refractivity contribution in [1.82, 2.24) is 15.2 Å². The van der Waals surface area contributed by atoms with Gasteiger partial charge in [0.1, 0.15) is 19.3 Å². The van der Waals surface area contributed by atoms with Gasteiger partial charge in [-0.2, -0.15) is 0 Å². The molecule has 1 fully saturated rings. The largest absolute Gasteiger partial charge is 0.486 e. The lowest BCUT2D eigenvalue weighted by molar-refractivity contribution is -0.141. The van der Waals surface area contributed by atoms with E-state index in [-0.39, 0.29) is 0 Å². The van der Waals surface area contributed by atoms with Crippen LogP contribution >= 0.6 is 0 Å². The van der Waals surface area contributed by atoms with Crippen molar-refractivity contribution >= 4 is 11.7 Å². The third-order valence-electron chi connectivity index (χ3n) is 7.95. The molecular formula is C31H33N3O5. The molecule has 1 aromatic heterocycles. The molecule has 2 N–H and O–H groups in total. The number of aliphatic hydroxyl groups excluding tert-OH is 1. The van der Waals surface area contributed by atoms with Crippen molar-refractivity contribution in [2.75, 3.05) is 32.8 Å². The number of amides is 1. The summed E-state index contributed by atoms with van der Waals surface area (Å²) in [6.07, 6.45) is 3.98. The van der Waals surface area contributed by atoms with Crippen molar-refractivity contribution in [3.63, 3.8) is 0 Å². The fourth-order valence-corrected chi connectivity index (χ4v) is 5.87. The Morgan fingerprint density at radius 3 is 2.56 bits per heavy atom. The topological polar surface area (TPSA) is 101 Å². The number of rotatable bonds is 8. The van der Waals surface area contributed by atoms with E-state index in [2.05, 4.69) is 21.3 Å². The average molecular weight is 528 g/mol. The van der Waals surface area contributed by atoms with Crippen LogP contribution in [0.2, 0.25) is 0 Å². The second-order valence-corrected chi connectivity index (χ2v) is 10.6. The Morgan fingerprint density at radius 2 is 1.77 bits per heavy atom. The number of nitrogens with zero attached hydrogens (tertiary/aromatic N) is 2. The van der Waals surface area contributed by atoms with E-state index in [1.165, 1.54) is 0 Å². The van der Waals surface area contributed by atoms with E-state index in [1.54, 1.807) is 24.4 Å². The van der Waals surface area contributed by atoms with Crippen LogP contribution in [0.5, 0.6) is 11.5 Å². The summed E-state index contributed by atoms with van der Waals surface area (Å²) < 4.78 is 11.3. The minimum Gasteiger partial charge on any atom is -0.486 e. The lowest BCUT2D eigenvalue weighted by Crippen LogP contribution is -2.49. The van der Waals surface area contributed by atoms with Crippen LogP contribution in [0, 0.1) is 5.92 Å². The van der Waals surface area contributed by atoms with E-state index in [0.29, 0.717) is 49.7 Å². The number of fused-ring (bicyclic) bond motifs is 2. The van der Waals surface area contributed by atoms with Gasteiger partial charge in [0.15, 0.2) is 11.5 Å². The number of carbonyl (C=O) groups excluding carboxylic acids is 2. The van der Waals surface area contributed by atoms with Gasteiger partial charge in [-0.15, -0.1) is 0 Å². The molecular weight excluding hydrogens is 494 g/mol. The summed E-state index contributed by atoms with van der Waals surface area (Å²) in [5, 5.41) is 14.3. The van der Waals surface area contributed by atoms with E-state index in [0.717, 1.165) is 48.3 Å². The molecule has 3 heterocycles. The third kappa shape index (κ3) is 5.53. The Labute approximate surface area is 228 Å². The van der Waals surface area contributed by atoms with Crippen LogP contribution in [-0.4, -0.2) is 65.6 Å². The average Bonchev–Trinajstić information content (AvgIpc) is 3.66. The van der Waals surface area contributed by atoms with Gasteiger partial charge < -0.3 is 24.8 Å². The number of benzene rings is 2. The summed E-state index contributed by atoms with van der Waals surface area (Å²) in [6, 6.07) is 16.6. The maximum Gasteiger partial charge on any atom is 0.288 e. The zero-order valence-electron chi connectivity index (χ0n) is 21.8. The minimum absolute atomic E-state index is 0.419. The van der Waals surface area contributed by atoms with E-state index in [4.69, 9.17) is 9.47 Å². The molecule has 8 heteroatoms. The highest BCUT2D eigenvalue weighted by Crippen LogP contribution is 2.34. The molecule has 1 amide bonds. The Hall–Kier alpha value is -3.75. The van der Waals surface area contributed by atoms with E-state index >= 15 is 0 Å². The number of ketones is 1. The van der Waals surface area contributed by atoms with Crippen molar-refractivity contribution in [3.8, 4) is 22.8 Å². The van der Waals surface area contributed by atoms with Crippen LogP contribution in [0.25, 0.3) is 11.3 Å². The minimum atomic E-state index is -1.00. The van der Waals surface area contributed by atoms with Gasteiger partial charge in [0.25, 0.3) is 5.91 Å². The van der Waals surface area contributed by atoms with Crippen LogP contribution in [0.3, 0.4) is 0 Å². The highest BCUT2D eigenvalue weighted by Gasteiger charge is 2.35. The molecule has 0 spiro atoms. The molecule has 6 rings (SSSR count). The number of pyridine rings is 1. The predicted molar refractivity (Wildman–Crippen MR) is 146 cm³/mol. The van der Waals surface area contributed by atoms with E-state index in [9.17, 15) is 14.7 Å². The number of Topliss-reactive ketones (excluding diaryl/α,β-unsaturated/α-hetero) is 1. The van der Waals surface area contributed by atoms with E-state index < -0.39 is 29.8 Å². The number of carbonyl (C=O) groups is 2. The maximum absolute atomic E-state index is 13.3. The number of hydrogen-bond acceptors (Lipinski definition) is 7. The summed E-state index contributed by atoms with van der Waals surface area (Å²) in [6.45, 7) is 3.21. The van der Waals surface area contributed by atoms with Gasteiger partial charge in [0, 0.05) is 24.2 Å². The van der Waals surface area contributed by atoms with Crippen LogP contribution in [-0.2, 0) is 22.4 Å². The third-order valence-corrected chi connectivity index (χ3v) is 7.95. The maximum atomic E-state index is 13.3. The molecule has 39 heavy (non-hydrogen) atoms. The molecule has 2 aromatic carbocycles. The summed E-state index contributed by atoms with van der Waals surface area (Å²) in [5.74, 6) is -0.281. The zero-order chi connectivity index (χ0) is 26.8. The zero-order valence-corrected chi connectivity index (χ0v) is 21.8. The Morgan fingerprint density at radius 1 is 0.974 bits per heavy atom. The fourth-order valence-electron chi connectivity index (χ4n) is 5.87. The molecule has 1 saturated heterocycles. The monoisotopic (exact) mass is 527 g/mol. The highest BCUT2D eigenvalue weighted by atomic mass is 16.6. The van der Waals surface area contributed by atoms with Gasteiger partial charge in [-0.25, -0.2) is 0 Å². The van der Waals surface area contributed by atoms with E-state index in [1.807, 2.05) is 30.3 Å². The van der Waals surface area contributed by atoms with Crippen molar-refractivity contribution in [2.24, 2.45) is 5.92 Å². The lowest BCUT2D eigenvalue weighted by atomic mass is 9.97. The van der Waals surface area contributed by atoms with Gasteiger partial charge in [-0.05, 0) is 85.8 Å². The molecule has 1 aliphatic carbocycles. The van der Waals surface area contributed by atoms with Crippen LogP contribution in [0.4, 0.5) is 0 Å². The molecule has 3 aromatic rings. The smallest absolute Gasteiger partial charge is 0.288 e. The summed E-state index contributed by atoms with van der Waals surface area (Å²) in [4.78, 5) is 33.3. The van der Waals surface area contributed by atoms with Crippen molar-refractivity contribution < 1.29 is 24.2 Å². The highest BCUT2D eigenvalue weighted by molar-refractivity contribution is 6.37. The van der Waals surface area contributed by atoms with Crippen LogP contribution in [0.1, 0.15) is 35.6 Å².